The number of alkyl halides is 3. The minimum Gasteiger partial charge on any atom is -0.351 e. The van der Waals surface area contributed by atoms with E-state index in [4.69, 9.17) is 16.3 Å². The Labute approximate surface area is 146 Å². The van der Waals surface area contributed by atoms with Crippen molar-refractivity contribution in [3.8, 4) is 0 Å². The number of carbonyl (C=O) groups is 1. The first-order chi connectivity index (χ1) is 11.8. The van der Waals surface area contributed by atoms with Crippen molar-refractivity contribution in [2.75, 3.05) is 5.32 Å². The number of nitrogens with zero attached hydrogens (tertiary/aromatic N) is 1. The maximum atomic E-state index is 14.0. The van der Waals surface area contributed by atoms with Crippen LogP contribution < -0.4 is 5.32 Å². The van der Waals surface area contributed by atoms with Gasteiger partial charge in [0.2, 0.25) is 5.60 Å². The Hall–Kier alpha value is -2.38. The van der Waals surface area contributed by atoms with Crippen LogP contribution in [-0.2, 0) is 16.9 Å². The number of amides is 2. The SMILES string of the molecule is O=C1N=CC(OCc2ccccc2)(C(F)(F)F)c2cc(Cl)ccc2N1. The van der Waals surface area contributed by atoms with Crippen LogP contribution in [0, 0.1) is 0 Å². The van der Waals surface area contributed by atoms with Gasteiger partial charge in [-0.1, -0.05) is 41.9 Å². The molecule has 1 aliphatic rings. The van der Waals surface area contributed by atoms with E-state index in [2.05, 4.69) is 10.3 Å². The Morgan fingerprint density at radius 3 is 2.56 bits per heavy atom. The first-order valence-electron chi connectivity index (χ1n) is 7.23. The van der Waals surface area contributed by atoms with Crippen LogP contribution in [0.1, 0.15) is 11.1 Å². The highest BCUT2D eigenvalue weighted by Gasteiger charge is 2.58. The van der Waals surface area contributed by atoms with Gasteiger partial charge in [-0.25, -0.2) is 9.79 Å². The summed E-state index contributed by atoms with van der Waals surface area (Å²) < 4.78 is 47.4. The van der Waals surface area contributed by atoms with Gasteiger partial charge in [-0.15, -0.1) is 0 Å². The van der Waals surface area contributed by atoms with Crippen molar-refractivity contribution in [1.29, 1.82) is 0 Å². The summed E-state index contributed by atoms with van der Waals surface area (Å²) in [6.45, 7) is -0.327. The molecule has 4 nitrogen and oxygen atoms in total. The molecule has 2 aromatic rings. The molecule has 3 rings (SSSR count). The predicted octanol–water partition coefficient (Wildman–Crippen LogP) is 4.93. The van der Waals surface area contributed by atoms with Gasteiger partial charge in [0, 0.05) is 16.3 Å². The standard InChI is InChI=1S/C17H12ClF3N2O2/c18-12-6-7-14-13(8-12)16(17(19,20)21,10-22-15(24)23-14)25-9-11-4-2-1-3-5-11/h1-8,10H,9H2,(H,23,24). The molecule has 8 heteroatoms. The van der Waals surface area contributed by atoms with Gasteiger partial charge < -0.3 is 10.1 Å². The fourth-order valence-corrected chi connectivity index (χ4v) is 2.67. The summed E-state index contributed by atoms with van der Waals surface area (Å²) in [7, 11) is 0. The average Bonchev–Trinajstić information content (AvgIpc) is 2.70. The van der Waals surface area contributed by atoms with E-state index in [1.807, 2.05) is 0 Å². The van der Waals surface area contributed by atoms with Gasteiger partial charge in [-0.05, 0) is 23.8 Å². The first-order valence-corrected chi connectivity index (χ1v) is 7.60. The fourth-order valence-electron chi connectivity index (χ4n) is 2.49. The first kappa shape index (κ1) is 17.4. The van der Waals surface area contributed by atoms with Crippen LogP contribution in [-0.4, -0.2) is 18.4 Å². The quantitative estimate of drug-likeness (QED) is 0.835. The third-order valence-electron chi connectivity index (χ3n) is 3.72. The third kappa shape index (κ3) is 3.38. The molecular weight excluding hydrogens is 357 g/mol. The second-order valence-electron chi connectivity index (χ2n) is 5.39. The molecule has 1 atom stereocenters. The lowest BCUT2D eigenvalue weighted by molar-refractivity contribution is -0.255. The van der Waals surface area contributed by atoms with Crippen molar-refractivity contribution >= 4 is 29.5 Å². The largest absolute Gasteiger partial charge is 0.427 e. The van der Waals surface area contributed by atoms with Crippen molar-refractivity contribution in [3.05, 3.63) is 64.7 Å². The zero-order valence-electron chi connectivity index (χ0n) is 12.7. The molecule has 130 valence electrons. The predicted molar refractivity (Wildman–Crippen MR) is 87.9 cm³/mol. The number of carbonyl (C=O) groups excluding carboxylic acids is 1. The zero-order chi connectivity index (χ0) is 18.1. The Morgan fingerprint density at radius 2 is 1.88 bits per heavy atom. The molecule has 0 saturated carbocycles. The Bertz CT molecular complexity index is 824. The summed E-state index contributed by atoms with van der Waals surface area (Å²) in [5.41, 5.74) is -2.73. The molecule has 1 N–H and O–H groups in total. The topological polar surface area (TPSA) is 50.7 Å². The molecule has 2 amide bonds. The Balaban J connectivity index is 2.12. The van der Waals surface area contributed by atoms with Crippen LogP contribution >= 0.6 is 11.6 Å². The average molecular weight is 369 g/mol. The highest BCUT2D eigenvalue weighted by molar-refractivity contribution is 6.30. The molecule has 0 radical (unpaired) electrons. The number of aliphatic imine (C=N–C) groups is 1. The number of fused-ring (bicyclic) bond motifs is 1. The Morgan fingerprint density at radius 1 is 1.16 bits per heavy atom. The number of halogens is 4. The second kappa shape index (κ2) is 6.50. The Kier molecular flexibility index (Phi) is 4.53. The summed E-state index contributed by atoms with van der Waals surface area (Å²) in [5.74, 6) is 0. The molecule has 0 fully saturated rings. The van der Waals surface area contributed by atoms with E-state index >= 15 is 0 Å². The lowest BCUT2D eigenvalue weighted by atomic mass is 9.92. The van der Waals surface area contributed by atoms with E-state index in [0.717, 1.165) is 6.07 Å². The molecule has 0 saturated heterocycles. The number of benzene rings is 2. The maximum absolute atomic E-state index is 14.0. The van der Waals surface area contributed by atoms with E-state index < -0.39 is 17.8 Å². The van der Waals surface area contributed by atoms with Crippen LogP contribution in [0.5, 0.6) is 0 Å². The molecule has 0 aliphatic carbocycles. The van der Waals surface area contributed by atoms with Crippen LogP contribution in [0.2, 0.25) is 5.02 Å². The van der Waals surface area contributed by atoms with Gasteiger partial charge in [-0.2, -0.15) is 13.2 Å². The minimum absolute atomic E-state index is 0.0581. The normalized spacial score (nSPS) is 19.9. The van der Waals surface area contributed by atoms with Gasteiger partial charge in [0.1, 0.15) is 0 Å². The fraction of sp³-hybridized carbons (Fsp3) is 0.176. The lowest BCUT2D eigenvalue weighted by Crippen LogP contribution is -2.46. The van der Waals surface area contributed by atoms with Gasteiger partial charge in [-0.3, -0.25) is 0 Å². The van der Waals surface area contributed by atoms with Crippen molar-refractivity contribution in [2.24, 2.45) is 4.99 Å². The van der Waals surface area contributed by atoms with Gasteiger partial charge in [0.25, 0.3) is 0 Å². The van der Waals surface area contributed by atoms with Crippen molar-refractivity contribution < 1.29 is 22.7 Å². The number of hydrogen-bond donors (Lipinski definition) is 1. The summed E-state index contributed by atoms with van der Waals surface area (Å²) >= 11 is 5.88. The van der Waals surface area contributed by atoms with Crippen molar-refractivity contribution in [3.63, 3.8) is 0 Å². The van der Waals surface area contributed by atoms with Gasteiger partial charge >= 0.3 is 12.2 Å². The van der Waals surface area contributed by atoms with Crippen LogP contribution in [0.25, 0.3) is 0 Å². The van der Waals surface area contributed by atoms with Crippen molar-refractivity contribution in [1.82, 2.24) is 0 Å². The molecule has 1 unspecified atom stereocenters. The zero-order valence-corrected chi connectivity index (χ0v) is 13.4. The second-order valence-corrected chi connectivity index (χ2v) is 5.82. The number of urea groups is 1. The highest BCUT2D eigenvalue weighted by atomic mass is 35.5. The molecule has 25 heavy (non-hydrogen) atoms. The lowest BCUT2D eigenvalue weighted by Gasteiger charge is -2.33. The van der Waals surface area contributed by atoms with E-state index in [1.165, 1.54) is 12.1 Å². The summed E-state index contributed by atoms with van der Waals surface area (Å²) in [6, 6.07) is 11.3. The van der Waals surface area contributed by atoms with E-state index in [1.54, 1.807) is 30.3 Å². The van der Waals surface area contributed by atoms with E-state index in [9.17, 15) is 18.0 Å². The summed E-state index contributed by atoms with van der Waals surface area (Å²) in [4.78, 5) is 15.0. The minimum atomic E-state index is -4.86. The van der Waals surface area contributed by atoms with E-state index in [0.29, 0.717) is 11.8 Å². The van der Waals surface area contributed by atoms with Crippen LogP contribution in [0.3, 0.4) is 0 Å². The van der Waals surface area contributed by atoms with Crippen LogP contribution in [0.4, 0.5) is 23.7 Å². The molecular formula is C17H12ClF3N2O2. The summed E-state index contributed by atoms with van der Waals surface area (Å²) in [6.07, 6.45) is -4.38. The number of hydrogen-bond acceptors (Lipinski definition) is 2. The molecule has 0 aromatic heterocycles. The molecule has 1 aliphatic heterocycles. The molecule has 0 spiro atoms. The molecule has 1 heterocycles. The number of anilines is 1. The van der Waals surface area contributed by atoms with Gasteiger partial charge in [0.15, 0.2) is 0 Å². The monoisotopic (exact) mass is 368 g/mol. The third-order valence-corrected chi connectivity index (χ3v) is 3.95. The molecule has 2 aromatic carbocycles. The smallest absolute Gasteiger partial charge is 0.351 e. The molecule has 0 bridgehead atoms. The number of nitrogens with one attached hydrogen (secondary N) is 1. The summed E-state index contributed by atoms with van der Waals surface area (Å²) in [5, 5.41) is 2.38. The highest BCUT2D eigenvalue weighted by Crippen LogP contribution is 2.46. The van der Waals surface area contributed by atoms with Crippen molar-refractivity contribution in [2.45, 2.75) is 18.4 Å². The maximum Gasteiger partial charge on any atom is 0.427 e. The van der Waals surface area contributed by atoms with Gasteiger partial charge in [0.05, 0.1) is 12.8 Å². The van der Waals surface area contributed by atoms with Crippen LogP contribution in [0.15, 0.2) is 53.5 Å². The number of ether oxygens (including phenoxy) is 1. The number of rotatable bonds is 3. The van der Waals surface area contributed by atoms with E-state index in [-0.39, 0.29) is 22.9 Å².